The minimum absolute atomic E-state index is 0.0682. The Morgan fingerprint density at radius 3 is 2.96 bits per heavy atom. The van der Waals surface area contributed by atoms with Crippen LogP contribution in [0.5, 0.6) is 0 Å². The maximum atomic E-state index is 14.3. The SMILES string of the molecule is Cc1ccc(Nc2c(C(=O)NOCCCO)oc3c(Cl)cncc23)c(F)c1. The van der Waals surface area contributed by atoms with E-state index >= 15 is 0 Å². The molecular weight excluding hydrogens is 377 g/mol. The molecule has 0 radical (unpaired) electrons. The van der Waals surface area contributed by atoms with Crippen LogP contribution in [0.25, 0.3) is 11.0 Å². The summed E-state index contributed by atoms with van der Waals surface area (Å²) in [4.78, 5) is 21.4. The van der Waals surface area contributed by atoms with Crippen molar-refractivity contribution in [2.75, 3.05) is 18.5 Å². The Balaban J connectivity index is 1.98. The Labute approximate surface area is 159 Å². The maximum Gasteiger partial charge on any atom is 0.312 e. The highest BCUT2D eigenvalue weighted by Gasteiger charge is 2.23. The summed E-state index contributed by atoms with van der Waals surface area (Å²) in [7, 11) is 0. The smallest absolute Gasteiger partial charge is 0.312 e. The number of aryl methyl sites for hydroxylation is 1. The number of carbonyl (C=O) groups is 1. The van der Waals surface area contributed by atoms with Crippen LogP contribution in [-0.4, -0.2) is 29.2 Å². The number of pyridine rings is 1. The molecule has 0 atom stereocenters. The fraction of sp³-hybridized carbons (Fsp3) is 0.222. The van der Waals surface area contributed by atoms with Crippen molar-refractivity contribution in [2.24, 2.45) is 0 Å². The number of aliphatic hydroxyl groups excluding tert-OH is 1. The zero-order chi connectivity index (χ0) is 19.4. The van der Waals surface area contributed by atoms with Gasteiger partial charge in [0.25, 0.3) is 0 Å². The number of halogens is 2. The molecule has 9 heteroatoms. The van der Waals surface area contributed by atoms with Crippen molar-refractivity contribution in [1.82, 2.24) is 10.5 Å². The van der Waals surface area contributed by atoms with Crippen molar-refractivity contribution in [3.05, 3.63) is 52.8 Å². The van der Waals surface area contributed by atoms with Gasteiger partial charge >= 0.3 is 5.91 Å². The Morgan fingerprint density at radius 2 is 2.22 bits per heavy atom. The zero-order valence-electron chi connectivity index (χ0n) is 14.4. The normalized spacial score (nSPS) is 11.0. The number of hydrogen-bond acceptors (Lipinski definition) is 6. The van der Waals surface area contributed by atoms with Crippen LogP contribution in [0, 0.1) is 12.7 Å². The lowest BCUT2D eigenvalue weighted by Gasteiger charge is -2.09. The lowest BCUT2D eigenvalue weighted by atomic mass is 10.2. The van der Waals surface area contributed by atoms with Gasteiger partial charge in [-0.1, -0.05) is 17.7 Å². The third kappa shape index (κ3) is 4.19. The van der Waals surface area contributed by atoms with E-state index in [1.165, 1.54) is 18.5 Å². The summed E-state index contributed by atoms with van der Waals surface area (Å²) in [5.41, 5.74) is 3.60. The molecule has 1 aromatic carbocycles. The number of anilines is 2. The predicted octanol–water partition coefficient (Wildman–Crippen LogP) is 3.72. The van der Waals surface area contributed by atoms with Gasteiger partial charge in [0.2, 0.25) is 5.76 Å². The fourth-order valence-corrected chi connectivity index (χ4v) is 2.62. The molecule has 2 aromatic heterocycles. The average Bonchev–Trinajstić information content (AvgIpc) is 3.01. The molecule has 0 aliphatic carbocycles. The molecule has 142 valence electrons. The number of fused-ring (bicyclic) bond motifs is 1. The third-order valence-corrected chi connectivity index (χ3v) is 3.98. The number of aliphatic hydroxyl groups is 1. The highest BCUT2D eigenvalue weighted by atomic mass is 35.5. The van der Waals surface area contributed by atoms with E-state index in [1.54, 1.807) is 19.1 Å². The Bertz CT molecular complexity index is 977. The van der Waals surface area contributed by atoms with Gasteiger partial charge in [0, 0.05) is 19.0 Å². The Morgan fingerprint density at radius 1 is 1.41 bits per heavy atom. The first-order chi connectivity index (χ1) is 13.0. The third-order valence-electron chi connectivity index (χ3n) is 3.71. The highest BCUT2D eigenvalue weighted by molar-refractivity contribution is 6.35. The van der Waals surface area contributed by atoms with E-state index in [4.69, 9.17) is 26.0 Å². The minimum atomic E-state index is -0.685. The van der Waals surface area contributed by atoms with Gasteiger partial charge < -0.3 is 14.8 Å². The van der Waals surface area contributed by atoms with Gasteiger partial charge in [0.1, 0.15) is 16.5 Å². The number of amides is 1. The fourth-order valence-electron chi connectivity index (χ4n) is 2.42. The molecule has 0 aliphatic heterocycles. The molecule has 0 unspecified atom stereocenters. The molecule has 0 spiro atoms. The van der Waals surface area contributed by atoms with Crippen molar-refractivity contribution in [2.45, 2.75) is 13.3 Å². The van der Waals surface area contributed by atoms with Crippen LogP contribution in [-0.2, 0) is 4.84 Å². The van der Waals surface area contributed by atoms with Crippen molar-refractivity contribution in [3.63, 3.8) is 0 Å². The maximum absolute atomic E-state index is 14.3. The first kappa shape index (κ1) is 19.1. The van der Waals surface area contributed by atoms with Crippen molar-refractivity contribution in [1.29, 1.82) is 0 Å². The van der Waals surface area contributed by atoms with Gasteiger partial charge in [-0.3, -0.25) is 14.6 Å². The second-order valence-corrected chi connectivity index (χ2v) is 6.18. The van der Waals surface area contributed by atoms with Crippen molar-refractivity contribution in [3.8, 4) is 0 Å². The molecule has 27 heavy (non-hydrogen) atoms. The summed E-state index contributed by atoms with van der Waals surface area (Å²) < 4.78 is 19.8. The van der Waals surface area contributed by atoms with Gasteiger partial charge in [-0.25, -0.2) is 9.87 Å². The van der Waals surface area contributed by atoms with Crippen LogP contribution >= 0.6 is 11.6 Å². The molecule has 3 rings (SSSR count). The standard InChI is InChI=1S/C18H17ClFN3O4/c1-10-3-4-14(13(20)7-10)22-15-11-8-21-9-12(19)16(11)27-17(15)18(25)23-26-6-2-5-24/h3-4,7-9,22,24H,2,5-6H2,1H3,(H,23,25). The summed E-state index contributed by atoms with van der Waals surface area (Å²) in [6.07, 6.45) is 3.20. The van der Waals surface area contributed by atoms with Gasteiger partial charge in [0.05, 0.1) is 17.7 Å². The van der Waals surface area contributed by atoms with E-state index in [0.717, 1.165) is 5.56 Å². The first-order valence-corrected chi connectivity index (χ1v) is 8.51. The van der Waals surface area contributed by atoms with E-state index in [0.29, 0.717) is 11.8 Å². The summed E-state index contributed by atoms with van der Waals surface area (Å²) in [5, 5.41) is 12.3. The number of nitrogens with zero attached hydrogens (tertiary/aromatic N) is 1. The van der Waals surface area contributed by atoms with Crippen LogP contribution < -0.4 is 10.8 Å². The number of furan rings is 1. The molecule has 0 bridgehead atoms. The molecule has 0 saturated heterocycles. The van der Waals surface area contributed by atoms with Crippen molar-refractivity contribution < 1.29 is 23.5 Å². The summed E-state index contributed by atoms with van der Waals surface area (Å²) >= 11 is 6.10. The zero-order valence-corrected chi connectivity index (χ0v) is 15.1. The van der Waals surface area contributed by atoms with Gasteiger partial charge in [-0.05, 0) is 31.0 Å². The van der Waals surface area contributed by atoms with E-state index in [1.807, 2.05) is 0 Å². The van der Waals surface area contributed by atoms with Crippen LogP contribution in [0.2, 0.25) is 5.02 Å². The monoisotopic (exact) mass is 393 g/mol. The lowest BCUT2D eigenvalue weighted by molar-refractivity contribution is 0.0243. The molecule has 7 nitrogen and oxygen atoms in total. The number of benzene rings is 1. The average molecular weight is 394 g/mol. The van der Waals surface area contributed by atoms with Crippen molar-refractivity contribution >= 4 is 39.9 Å². The first-order valence-electron chi connectivity index (χ1n) is 8.13. The number of hydrogen-bond donors (Lipinski definition) is 3. The lowest BCUT2D eigenvalue weighted by Crippen LogP contribution is -2.24. The molecule has 3 N–H and O–H groups in total. The van der Waals surface area contributed by atoms with E-state index < -0.39 is 11.7 Å². The summed E-state index contributed by atoms with van der Waals surface area (Å²) in [6, 6.07) is 4.66. The molecule has 0 aliphatic rings. The van der Waals surface area contributed by atoms with E-state index in [-0.39, 0.29) is 41.0 Å². The molecule has 2 heterocycles. The molecule has 1 amide bonds. The van der Waals surface area contributed by atoms with Crippen LogP contribution in [0.1, 0.15) is 22.5 Å². The predicted molar refractivity (Wildman–Crippen MR) is 98.6 cm³/mol. The van der Waals surface area contributed by atoms with Crippen LogP contribution in [0.4, 0.5) is 15.8 Å². The quantitative estimate of drug-likeness (QED) is 0.418. The molecule has 0 saturated carbocycles. The highest BCUT2D eigenvalue weighted by Crippen LogP contribution is 2.36. The second kappa shape index (κ2) is 8.34. The number of aromatic nitrogens is 1. The number of hydroxylamine groups is 1. The number of rotatable bonds is 7. The minimum Gasteiger partial charge on any atom is -0.447 e. The molecule has 0 fully saturated rings. The van der Waals surface area contributed by atoms with Gasteiger partial charge in [-0.15, -0.1) is 0 Å². The van der Waals surface area contributed by atoms with Crippen LogP contribution in [0.15, 0.2) is 35.0 Å². The number of carbonyl (C=O) groups excluding carboxylic acids is 1. The van der Waals surface area contributed by atoms with Gasteiger partial charge in [-0.2, -0.15) is 0 Å². The summed E-state index contributed by atoms with van der Waals surface area (Å²) in [5.74, 6) is -1.30. The summed E-state index contributed by atoms with van der Waals surface area (Å²) in [6.45, 7) is 1.83. The van der Waals surface area contributed by atoms with E-state index in [2.05, 4.69) is 15.8 Å². The Hall–Kier alpha value is -2.68. The largest absolute Gasteiger partial charge is 0.447 e. The van der Waals surface area contributed by atoms with Crippen LogP contribution in [0.3, 0.4) is 0 Å². The van der Waals surface area contributed by atoms with E-state index in [9.17, 15) is 9.18 Å². The topological polar surface area (TPSA) is 96.6 Å². The van der Waals surface area contributed by atoms with Gasteiger partial charge in [0.15, 0.2) is 5.58 Å². The Kier molecular flexibility index (Phi) is 5.90. The second-order valence-electron chi connectivity index (χ2n) is 5.77. The number of nitrogens with one attached hydrogen (secondary N) is 2. The molecule has 3 aromatic rings. The molecular formula is C18H17ClFN3O4.